The monoisotopic (exact) mass is 206 g/mol. The number of aliphatic hydroxyl groups excluding tert-OH is 1. The van der Waals surface area contributed by atoms with Crippen LogP contribution in [-0.2, 0) is 14.4 Å². The molecule has 0 heterocycles. The minimum atomic E-state index is -1.06. The van der Waals surface area contributed by atoms with Crippen LogP contribution in [0.5, 0.6) is 0 Å². The van der Waals surface area contributed by atoms with Crippen molar-refractivity contribution in [3.63, 3.8) is 0 Å². The van der Waals surface area contributed by atoms with Gasteiger partial charge in [-0.3, -0.25) is 14.4 Å². The van der Waals surface area contributed by atoms with Gasteiger partial charge in [-0.1, -0.05) is 0 Å². The molecule has 0 rings (SSSR count). The maximum absolute atomic E-state index is 9.87. The van der Waals surface area contributed by atoms with Crippen molar-refractivity contribution in [1.29, 1.82) is 0 Å². The molecule has 0 saturated heterocycles. The summed E-state index contributed by atoms with van der Waals surface area (Å²) in [6.07, 6.45) is -1.25. The zero-order valence-electron chi connectivity index (χ0n) is 8.06. The van der Waals surface area contributed by atoms with Gasteiger partial charge < -0.3 is 15.3 Å². The van der Waals surface area contributed by atoms with Crippen molar-refractivity contribution >= 4 is 17.7 Å². The van der Waals surface area contributed by atoms with Crippen molar-refractivity contribution in [3.8, 4) is 0 Å². The number of hydrogen-bond acceptors (Lipinski definition) is 4. The molecule has 0 amide bonds. The van der Waals surface area contributed by atoms with Crippen LogP contribution in [0.3, 0.4) is 0 Å². The summed E-state index contributed by atoms with van der Waals surface area (Å²) < 4.78 is 0. The van der Waals surface area contributed by atoms with Gasteiger partial charge in [0.15, 0.2) is 0 Å². The van der Waals surface area contributed by atoms with Crippen molar-refractivity contribution in [3.05, 3.63) is 0 Å². The van der Waals surface area contributed by atoms with Crippen molar-refractivity contribution in [2.24, 2.45) is 0 Å². The number of carbonyl (C=O) groups excluding carboxylic acids is 1. The van der Waals surface area contributed by atoms with E-state index >= 15 is 0 Å². The number of ketones is 1. The van der Waals surface area contributed by atoms with Crippen LogP contribution in [0, 0.1) is 0 Å². The third-order valence-electron chi connectivity index (χ3n) is 0.870. The van der Waals surface area contributed by atoms with Crippen LogP contribution in [0.2, 0.25) is 0 Å². The molecule has 6 nitrogen and oxygen atoms in total. The summed E-state index contributed by atoms with van der Waals surface area (Å²) in [6, 6.07) is 0. The van der Waals surface area contributed by atoms with Gasteiger partial charge in [-0.15, -0.1) is 0 Å². The van der Waals surface area contributed by atoms with Crippen LogP contribution >= 0.6 is 0 Å². The third-order valence-corrected chi connectivity index (χ3v) is 0.870. The molecule has 14 heavy (non-hydrogen) atoms. The Morgan fingerprint density at radius 1 is 1.14 bits per heavy atom. The predicted molar refractivity (Wildman–Crippen MR) is 46.9 cm³/mol. The molecule has 0 fully saturated rings. The van der Waals surface area contributed by atoms with Crippen LogP contribution in [0.15, 0.2) is 0 Å². The lowest BCUT2D eigenvalue weighted by molar-refractivity contribution is -0.140. The minimum absolute atomic E-state index is 0.167. The largest absolute Gasteiger partial charge is 0.481 e. The van der Waals surface area contributed by atoms with Crippen LogP contribution in [-0.4, -0.2) is 39.1 Å². The second-order valence-corrected chi connectivity index (χ2v) is 2.72. The fraction of sp³-hybridized carbons (Fsp3) is 0.625. The lowest BCUT2D eigenvalue weighted by Crippen LogP contribution is -2.07. The van der Waals surface area contributed by atoms with Crippen molar-refractivity contribution < 1.29 is 29.7 Å². The van der Waals surface area contributed by atoms with Gasteiger partial charge in [0, 0.05) is 0 Å². The summed E-state index contributed by atoms with van der Waals surface area (Å²) in [5.74, 6) is -2.34. The topological polar surface area (TPSA) is 112 Å². The third kappa shape index (κ3) is 22.4. The number of hydrogen-bond donors (Lipinski definition) is 3. The van der Waals surface area contributed by atoms with Gasteiger partial charge in [-0.25, -0.2) is 0 Å². The highest BCUT2D eigenvalue weighted by molar-refractivity contribution is 5.93. The standard InChI is InChI=1S/C4H8O3.C4H6O3/c2*1-3(5)2-4(6)7/h3,5H,2H2,1H3,(H,6,7);2H2,1H3,(H,6,7). The summed E-state index contributed by atoms with van der Waals surface area (Å²) in [5, 5.41) is 24.1. The van der Waals surface area contributed by atoms with Gasteiger partial charge in [-0.05, 0) is 13.8 Å². The SMILES string of the molecule is CC(=O)CC(=O)O.CC(O)CC(=O)O. The fourth-order valence-corrected chi connectivity index (χ4v) is 0.466. The quantitative estimate of drug-likeness (QED) is 0.553. The molecule has 0 bridgehead atoms. The summed E-state index contributed by atoms with van der Waals surface area (Å²) in [4.78, 5) is 29.1. The van der Waals surface area contributed by atoms with Gasteiger partial charge in [0.1, 0.15) is 12.2 Å². The van der Waals surface area contributed by atoms with E-state index < -0.39 is 18.0 Å². The lowest BCUT2D eigenvalue weighted by atomic mass is 10.3. The maximum Gasteiger partial charge on any atom is 0.310 e. The fourth-order valence-electron chi connectivity index (χ4n) is 0.466. The van der Waals surface area contributed by atoms with E-state index in [-0.39, 0.29) is 18.6 Å². The lowest BCUT2D eigenvalue weighted by Gasteiger charge is -1.94. The van der Waals surface area contributed by atoms with Gasteiger partial charge in [0.25, 0.3) is 0 Å². The molecule has 6 heteroatoms. The average Bonchev–Trinajstić information content (AvgIpc) is 1.79. The Hall–Kier alpha value is -1.43. The Morgan fingerprint density at radius 3 is 1.57 bits per heavy atom. The molecule has 3 N–H and O–H groups in total. The molecule has 0 saturated carbocycles. The number of rotatable bonds is 4. The van der Waals surface area contributed by atoms with Crippen LogP contribution in [0.1, 0.15) is 26.7 Å². The van der Waals surface area contributed by atoms with E-state index in [0.29, 0.717) is 0 Å². The Balaban J connectivity index is 0. The highest BCUT2D eigenvalue weighted by Crippen LogP contribution is 1.85. The highest BCUT2D eigenvalue weighted by Gasteiger charge is 2.00. The second kappa shape index (κ2) is 8.18. The molecule has 0 radical (unpaired) electrons. The molecule has 0 aromatic rings. The molecule has 1 atom stereocenters. The molecular formula is C8H14O6. The number of carboxylic acid groups (broad SMARTS) is 2. The maximum atomic E-state index is 9.87. The Labute approximate surface area is 81.2 Å². The molecule has 0 aliphatic carbocycles. The van der Waals surface area contributed by atoms with Gasteiger partial charge in [-0.2, -0.15) is 0 Å². The molecule has 0 spiro atoms. The summed E-state index contributed by atoms with van der Waals surface area (Å²) in [6.45, 7) is 2.68. The Bertz CT molecular complexity index is 196. The molecule has 82 valence electrons. The summed E-state index contributed by atoms with van der Waals surface area (Å²) in [5.41, 5.74) is 0. The zero-order chi connectivity index (χ0) is 11.7. The second-order valence-electron chi connectivity index (χ2n) is 2.72. The van der Waals surface area contributed by atoms with Crippen LogP contribution < -0.4 is 0 Å². The molecular weight excluding hydrogens is 192 g/mol. The van der Waals surface area contributed by atoms with Crippen molar-refractivity contribution in [2.75, 3.05) is 0 Å². The molecule has 1 unspecified atom stereocenters. The summed E-state index contributed by atoms with van der Waals surface area (Å²) in [7, 11) is 0. The Kier molecular flexibility index (Phi) is 8.80. The first-order valence-electron chi connectivity index (χ1n) is 3.86. The van der Waals surface area contributed by atoms with E-state index in [1.165, 1.54) is 13.8 Å². The van der Waals surface area contributed by atoms with E-state index in [9.17, 15) is 14.4 Å². The first-order valence-corrected chi connectivity index (χ1v) is 3.86. The van der Waals surface area contributed by atoms with E-state index in [0.717, 1.165) is 0 Å². The molecule has 0 aromatic heterocycles. The number of carbonyl (C=O) groups is 3. The van der Waals surface area contributed by atoms with Crippen LogP contribution in [0.25, 0.3) is 0 Å². The van der Waals surface area contributed by atoms with Crippen LogP contribution in [0.4, 0.5) is 0 Å². The molecule has 0 aliphatic heterocycles. The van der Waals surface area contributed by atoms with Gasteiger partial charge >= 0.3 is 11.9 Å². The molecule has 0 aromatic carbocycles. The normalized spacial score (nSPS) is 10.8. The minimum Gasteiger partial charge on any atom is -0.481 e. The number of aliphatic carboxylic acids is 2. The van der Waals surface area contributed by atoms with Crippen molar-refractivity contribution in [1.82, 2.24) is 0 Å². The van der Waals surface area contributed by atoms with E-state index in [1.54, 1.807) is 0 Å². The number of Topliss-reactive ketones (excluding diaryl/α,β-unsaturated/α-hetero) is 1. The first-order chi connectivity index (χ1) is 6.25. The van der Waals surface area contributed by atoms with Gasteiger partial charge in [0.2, 0.25) is 0 Å². The number of aliphatic hydroxyl groups is 1. The highest BCUT2D eigenvalue weighted by atomic mass is 16.4. The van der Waals surface area contributed by atoms with Gasteiger partial charge in [0.05, 0.1) is 12.5 Å². The van der Waals surface area contributed by atoms with E-state index in [4.69, 9.17) is 15.3 Å². The first kappa shape index (κ1) is 15.1. The van der Waals surface area contributed by atoms with E-state index in [1.807, 2.05) is 0 Å². The van der Waals surface area contributed by atoms with Crippen molar-refractivity contribution in [2.45, 2.75) is 32.8 Å². The predicted octanol–water partition coefficient (Wildman–Crippen LogP) is -0.108. The molecule has 0 aliphatic rings. The summed E-state index contributed by atoms with van der Waals surface area (Å²) >= 11 is 0. The number of carboxylic acids is 2. The van der Waals surface area contributed by atoms with E-state index in [2.05, 4.69) is 0 Å². The average molecular weight is 206 g/mol. The zero-order valence-corrected chi connectivity index (χ0v) is 8.06. The Morgan fingerprint density at radius 2 is 1.57 bits per heavy atom. The smallest absolute Gasteiger partial charge is 0.310 e.